The fourth-order valence-electron chi connectivity index (χ4n) is 7.13. The van der Waals surface area contributed by atoms with Gasteiger partial charge in [0.05, 0.1) is 17.0 Å². The Kier molecular flexibility index (Phi) is 5.04. The SMILES string of the molecule is COC1CCC2(C)C(=CC(O)C3C2CCC2(C)C3CC(Br)C2OC(C)=O)C1. The van der Waals surface area contributed by atoms with Crippen LogP contribution in [-0.4, -0.2) is 41.3 Å². The molecule has 9 atom stereocenters. The first-order chi connectivity index (χ1) is 12.7. The molecule has 5 heteroatoms. The Morgan fingerprint density at radius 2 is 2.00 bits per heavy atom. The summed E-state index contributed by atoms with van der Waals surface area (Å²) in [5.41, 5.74) is 1.51. The van der Waals surface area contributed by atoms with Gasteiger partial charge in [0.25, 0.3) is 0 Å². The molecule has 3 saturated carbocycles. The zero-order chi connectivity index (χ0) is 19.6. The second kappa shape index (κ2) is 6.84. The Bertz CT molecular complexity index is 648. The summed E-state index contributed by atoms with van der Waals surface area (Å²) in [6, 6.07) is 0. The lowest BCUT2D eigenvalue weighted by atomic mass is 9.47. The minimum absolute atomic E-state index is 0.0621. The van der Waals surface area contributed by atoms with E-state index in [1.165, 1.54) is 12.5 Å². The number of carbonyl (C=O) groups excluding carboxylic acids is 1. The van der Waals surface area contributed by atoms with E-state index in [4.69, 9.17) is 9.47 Å². The Balaban J connectivity index is 1.67. The molecule has 1 N–H and O–H groups in total. The number of hydrogen-bond acceptors (Lipinski definition) is 4. The van der Waals surface area contributed by atoms with Crippen molar-refractivity contribution in [1.29, 1.82) is 0 Å². The average molecular weight is 441 g/mol. The molecule has 4 nitrogen and oxygen atoms in total. The molecule has 0 aromatic heterocycles. The smallest absolute Gasteiger partial charge is 0.302 e. The monoisotopic (exact) mass is 440 g/mol. The second-order valence-electron chi connectivity index (χ2n) is 9.82. The molecule has 3 fully saturated rings. The second-order valence-corrected chi connectivity index (χ2v) is 11.0. The Morgan fingerprint density at radius 1 is 1.26 bits per heavy atom. The molecular weight excluding hydrogens is 408 g/mol. The third kappa shape index (κ3) is 2.95. The first kappa shape index (κ1) is 19.9. The maximum Gasteiger partial charge on any atom is 0.302 e. The molecule has 0 bridgehead atoms. The largest absolute Gasteiger partial charge is 0.461 e. The molecule has 0 aliphatic heterocycles. The van der Waals surface area contributed by atoms with E-state index in [0.717, 1.165) is 38.5 Å². The van der Waals surface area contributed by atoms with Gasteiger partial charge in [-0.3, -0.25) is 4.79 Å². The molecule has 9 unspecified atom stereocenters. The minimum atomic E-state index is -0.408. The van der Waals surface area contributed by atoms with Gasteiger partial charge < -0.3 is 14.6 Å². The topological polar surface area (TPSA) is 55.8 Å². The van der Waals surface area contributed by atoms with Crippen LogP contribution in [0.5, 0.6) is 0 Å². The summed E-state index contributed by atoms with van der Waals surface area (Å²) in [6.07, 6.45) is 8.24. The number of alkyl halides is 1. The molecule has 0 heterocycles. The van der Waals surface area contributed by atoms with Crippen molar-refractivity contribution in [1.82, 2.24) is 0 Å². The van der Waals surface area contributed by atoms with Crippen LogP contribution in [0.2, 0.25) is 0 Å². The van der Waals surface area contributed by atoms with Crippen LogP contribution in [0.15, 0.2) is 11.6 Å². The van der Waals surface area contributed by atoms with E-state index in [2.05, 4.69) is 35.9 Å². The van der Waals surface area contributed by atoms with Crippen molar-refractivity contribution in [3.05, 3.63) is 11.6 Å². The standard InChI is InChI=1S/C22H33BrO4/c1-12(24)27-20-17(23)11-16-19-15(6-8-22(16,20)3)21(2)7-5-14(26-4)9-13(21)10-18(19)25/h10,14-20,25H,5-9,11H2,1-4H3. The Labute approximate surface area is 171 Å². The average Bonchev–Trinajstić information content (AvgIpc) is 2.86. The number of hydrogen-bond donors (Lipinski definition) is 1. The summed E-state index contributed by atoms with van der Waals surface area (Å²) in [6.45, 7) is 6.20. The van der Waals surface area contributed by atoms with Gasteiger partial charge in [-0.25, -0.2) is 0 Å². The molecule has 4 rings (SSSR count). The zero-order valence-electron chi connectivity index (χ0n) is 16.9. The summed E-state index contributed by atoms with van der Waals surface area (Å²) in [5.74, 6) is 0.913. The molecule has 0 radical (unpaired) electrons. The quantitative estimate of drug-likeness (QED) is 0.396. The van der Waals surface area contributed by atoms with Crippen LogP contribution in [0.3, 0.4) is 0 Å². The van der Waals surface area contributed by atoms with E-state index < -0.39 is 6.10 Å². The first-order valence-electron chi connectivity index (χ1n) is 10.4. The lowest BCUT2D eigenvalue weighted by molar-refractivity contribution is -0.159. The Morgan fingerprint density at radius 3 is 2.67 bits per heavy atom. The fourth-order valence-corrected chi connectivity index (χ4v) is 8.25. The first-order valence-corrected chi connectivity index (χ1v) is 11.4. The summed E-state index contributed by atoms with van der Waals surface area (Å²) < 4.78 is 11.4. The van der Waals surface area contributed by atoms with Crippen molar-refractivity contribution in [3.8, 4) is 0 Å². The Hall–Kier alpha value is -0.390. The van der Waals surface area contributed by atoms with Gasteiger partial charge in [-0.05, 0) is 61.7 Å². The van der Waals surface area contributed by atoms with E-state index in [-0.39, 0.29) is 39.8 Å². The van der Waals surface area contributed by atoms with Crippen LogP contribution in [0.1, 0.15) is 59.3 Å². The molecule has 0 spiro atoms. The summed E-state index contributed by atoms with van der Waals surface area (Å²) in [7, 11) is 1.80. The van der Waals surface area contributed by atoms with E-state index in [1.807, 2.05) is 0 Å². The number of ether oxygens (including phenoxy) is 2. The number of aliphatic hydroxyl groups is 1. The molecular formula is C22H33BrO4. The lowest BCUT2D eigenvalue weighted by Gasteiger charge is -2.58. The highest BCUT2D eigenvalue weighted by atomic mass is 79.9. The van der Waals surface area contributed by atoms with Crippen LogP contribution >= 0.6 is 15.9 Å². The number of aliphatic hydroxyl groups excluding tert-OH is 1. The van der Waals surface area contributed by atoms with Crippen molar-refractivity contribution in [2.75, 3.05) is 7.11 Å². The predicted molar refractivity (Wildman–Crippen MR) is 108 cm³/mol. The van der Waals surface area contributed by atoms with Gasteiger partial charge in [0.15, 0.2) is 0 Å². The highest BCUT2D eigenvalue weighted by Gasteiger charge is 2.63. The van der Waals surface area contributed by atoms with E-state index in [1.54, 1.807) is 7.11 Å². The number of halogens is 1. The summed E-state index contributed by atoms with van der Waals surface area (Å²) in [4.78, 5) is 11.9. The van der Waals surface area contributed by atoms with Crippen molar-refractivity contribution < 1.29 is 19.4 Å². The fraction of sp³-hybridized carbons (Fsp3) is 0.864. The highest BCUT2D eigenvalue weighted by molar-refractivity contribution is 9.09. The molecule has 0 saturated heterocycles. The van der Waals surface area contributed by atoms with Gasteiger partial charge in [-0.2, -0.15) is 0 Å². The van der Waals surface area contributed by atoms with Crippen LogP contribution in [0.4, 0.5) is 0 Å². The molecule has 4 aliphatic carbocycles. The van der Waals surface area contributed by atoms with Crippen molar-refractivity contribution in [2.45, 2.75) is 82.4 Å². The van der Waals surface area contributed by atoms with Gasteiger partial charge in [0, 0.05) is 19.4 Å². The highest BCUT2D eigenvalue weighted by Crippen LogP contribution is 2.66. The van der Waals surface area contributed by atoms with Gasteiger partial charge >= 0.3 is 5.97 Å². The minimum Gasteiger partial charge on any atom is -0.461 e. The normalized spacial score (nSPS) is 51.6. The van der Waals surface area contributed by atoms with Crippen molar-refractivity contribution in [3.63, 3.8) is 0 Å². The maximum absolute atomic E-state index is 11.7. The number of rotatable bonds is 2. The van der Waals surface area contributed by atoms with Crippen LogP contribution in [0.25, 0.3) is 0 Å². The number of esters is 1. The summed E-state index contributed by atoms with van der Waals surface area (Å²) >= 11 is 3.80. The predicted octanol–water partition coefficient (Wildman–Crippen LogP) is 4.24. The van der Waals surface area contributed by atoms with Gasteiger partial charge in [-0.1, -0.05) is 41.4 Å². The summed E-state index contributed by atoms with van der Waals surface area (Å²) in [5, 5.41) is 11.2. The van der Waals surface area contributed by atoms with E-state index in [0.29, 0.717) is 11.8 Å². The number of methoxy groups -OCH3 is 1. The van der Waals surface area contributed by atoms with Gasteiger partial charge in [0.2, 0.25) is 0 Å². The number of fused-ring (bicyclic) bond motifs is 5. The molecule has 0 amide bonds. The van der Waals surface area contributed by atoms with Gasteiger partial charge in [-0.15, -0.1) is 0 Å². The van der Waals surface area contributed by atoms with Gasteiger partial charge in [0.1, 0.15) is 6.10 Å². The third-order valence-corrected chi connectivity index (χ3v) is 9.46. The molecule has 4 aliphatic rings. The number of carbonyl (C=O) groups is 1. The van der Waals surface area contributed by atoms with Crippen LogP contribution < -0.4 is 0 Å². The maximum atomic E-state index is 11.7. The molecule has 0 aromatic rings. The molecule has 0 aromatic carbocycles. The lowest BCUT2D eigenvalue weighted by Crippen LogP contribution is -2.55. The van der Waals surface area contributed by atoms with Crippen molar-refractivity contribution >= 4 is 21.9 Å². The molecule has 152 valence electrons. The van der Waals surface area contributed by atoms with E-state index in [9.17, 15) is 9.90 Å². The zero-order valence-corrected chi connectivity index (χ0v) is 18.5. The third-order valence-electron chi connectivity index (χ3n) is 8.61. The van der Waals surface area contributed by atoms with Crippen LogP contribution in [0, 0.1) is 28.6 Å². The van der Waals surface area contributed by atoms with Crippen LogP contribution in [-0.2, 0) is 14.3 Å². The molecule has 27 heavy (non-hydrogen) atoms. The van der Waals surface area contributed by atoms with Crippen molar-refractivity contribution in [2.24, 2.45) is 28.6 Å². The van der Waals surface area contributed by atoms with E-state index >= 15 is 0 Å².